The molecule has 1 unspecified atom stereocenters. The van der Waals surface area contributed by atoms with Crippen LogP contribution in [0.2, 0.25) is 0 Å². The summed E-state index contributed by atoms with van der Waals surface area (Å²) in [6, 6.07) is 7.34. The Morgan fingerprint density at radius 2 is 1.93 bits per heavy atom. The molecule has 2 amide bonds. The maximum atomic E-state index is 12.9. The zero-order valence-corrected chi connectivity index (χ0v) is 17.5. The summed E-state index contributed by atoms with van der Waals surface area (Å²) in [6.45, 7) is 3.19. The fraction of sp³-hybridized carbons (Fsp3) is 0.500. The van der Waals surface area contributed by atoms with E-state index in [9.17, 15) is 9.59 Å². The summed E-state index contributed by atoms with van der Waals surface area (Å²) < 4.78 is 0. The van der Waals surface area contributed by atoms with E-state index in [2.05, 4.69) is 21.3 Å². The number of nitrogens with one attached hydrogen (secondary N) is 1. The lowest BCUT2D eigenvalue weighted by Crippen LogP contribution is -2.51. The lowest BCUT2D eigenvalue weighted by Gasteiger charge is -2.34. The normalized spacial score (nSPS) is 19.8. The number of thiophene rings is 1. The average Bonchev–Trinajstić information content (AvgIpc) is 3.33. The van der Waals surface area contributed by atoms with Crippen molar-refractivity contribution in [3.63, 3.8) is 0 Å². The number of piperidine rings is 2. The summed E-state index contributed by atoms with van der Waals surface area (Å²) in [5, 5.41) is 4.95. The summed E-state index contributed by atoms with van der Waals surface area (Å²) in [7, 11) is 0. The van der Waals surface area contributed by atoms with Crippen molar-refractivity contribution in [2.45, 2.75) is 51.1 Å². The van der Waals surface area contributed by atoms with Gasteiger partial charge in [0.25, 0.3) is 5.91 Å². The van der Waals surface area contributed by atoms with Gasteiger partial charge in [-0.1, -0.05) is 6.07 Å². The van der Waals surface area contributed by atoms with Gasteiger partial charge < -0.3 is 15.1 Å². The SMILES string of the molecule is O=C(NCc1ccnc(N2CCCCC2)c1)C1CCCCN1C(=O)c1cccs1. The maximum absolute atomic E-state index is 12.9. The lowest BCUT2D eigenvalue weighted by atomic mass is 10.0. The molecule has 6 nitrogen and oxygen atoms in total. The first-order valence-corrected chi connectivity index (χ1v) is 11.4. The molecule has 0 saturated carbocycles. The quantitative estimate of drug-likeness (QED) is 0.817. The Kier molecular flexibility index (Phi) is 6.44. The molecule has 7 heteroatoms. The molecule has 29 heavy (non-hydrogen) atoms. The van der Waals surface area contributed by atoms with Crippen molar-refractivity contribution in [2.24, 2.45) is 0 Å². The molecule has 1 N–H and O–H groups in total. The highest BCUT2D eigenvalue weighted by molar-refractivity contribution is 7.12. The first-order valence-electron chi connectivity index (χ1n) is 10.5. The molecule has 2 aromatic rings. The molecule has 2 saturated heterocycles. The van der Waals surface area contributed by atoms with Crippen molar-refractivity contribution in [1.82, 2.24) is 15.2 Å². The molecule has 0 radical (unpaired) electrons. The number of amides is 2. The molecular weight excluding hydrogens is 384 g/mol. The van der Waals surface area contributed by atoms with Crippen LogP contribution >= 0.6 is 11.3 Å². The second kappa shape index (κ2) is 9.39. The molecule has 4 heterocycles. The summed E-state index contributed by atoms with van der Waals surface area (Å²) in [5.74, 6) is 0.894. The molecule has 0 bridgehead atoms. The van der Waals surface area contributed by atoms with Crippen molar-refractivity contribution in [2.75, 3.05) is 24.5 Å². The number of hydrogen-bond acceptors (Lipinski definition) is 5. The largest absolute Gasteiger partial charge is 0.357 e. The summed E-state index contributed by atoms with van der Waals surface area (Å²) in [5.41, 5.74) is 1.04. The van der Waals surface area contributed by atoms with E-state index in [-0.39, 0.29) is 17.9 Å². The van der Waals surface area contributed by atoms with E-state index in [1.807, 2.05) is 29.8 Å². The predicted octanol–water partition coefficient (Wildman–Crippen LogP) is 3.44. The Hall–Kier alpha value is -2.41. The number of nitrogens with zero attached hydrogens (tertiary/aromatic N) is 3. The Bertz CT molecular complexity index is 833. The number of likely N-dealkylation sites (tertiary alicyclic amines) is 1. The smallest absolute Gasteiger partial charge is 0.264 e. The van der Waals surface area contributed by atoms with Gasteiger partial charge in [0.15, 0.2) is 0 Å². The van der Waals surface area contributed by atoms with Crippen LogP contribution in [0.3, 0.4) is 0 Å². The average molecular weight is 413 g/mol. The third kappa shape index (κ3) is 4.78. The van der Waals surface area contributed by atoms with Crippen LogP contribution in [0, 0.1) is 0 Å². The van der Waals surface area contributed by atoms with Gasteiger partial charge in [0, 0.05) is 32.4 Å². The van der Waals surface area contributed by atoms with Crippen LogP contribution in [0.15, 0.2) is 35.8 Å². The minimum Gasteiger partial charge on any atom is -0.357 e. The predicted molar refractivity (Wildman–Crippen MR) is 115 cm³/mol. The van der Waals surface area contributed by atoms with Crippen molar-refractivity contribution in [3.05, 3.63) is 46.3 Å². The number of pyridine rings is 1. The van der Waals surface area contributed by atoms with Gasteiger partial charge in [0.1, 0.15) is 11.9 Å². The van der Waals surface area contributed by atoms with Gasteiger partial charge >= 0.3 is 0 Å². The van der Waals surface area contributed by atoms with Crippen LogP contribution in [0.25, 0.3) is 0 Å². The van der Waals surface area contributed by atoms with Crippen LogP contribution in [0.4, 0.5) is 5.82 Å². The number of hydrogen-bond donors (Lipinski definition) is 1. The zero-order valence-electron chi connectivity index (χ0n) is 16.7. The van der Waals surface area contributed by atoms with Gasteiger partial charge in [-0.2, -0.15) is 0 Å². The summed E-state index contributed by atoms with van der Waals surface area (Å²) >= 11 is 1.43. The minimum absolute atomic E-state index is 0.0313. The van der Waals surface area contributed by atoms with E-state index in [0.29, 0.717) is 18.0 Å². The van der Waals surface area contributed by atoms with Crippen LogP contribution < -0.4 is 10.2 Å². The van der Waals surface area contributed by atoms with Gasteiger partial charge in [-0.3, -0.25) is 9.59 Å². The second-order valence-corrected chi connectivity index (χ2v) is 8.72. The third-order valence-electron chi connectivity index (χ3n) is 5.75. The number of aromatic nitrogens is 1. The number of carbonyl (C=O) groups is 2. The van der Waals surface area contributed by atoms with E-state index in [4.69, 9.17) is 0 Å². The monoisotopic (exact) mass is 412 g/mol. The topological polar surface area (TPSA) is 65.5 Å². The van der Waals surface area contributed by atoms with Gasteiger partial charge in [0.2, 0.25) is 5.91 Å². The molecule has 1 atom stereocenters. The summed E-state index contributed by atoms with van der Waals surface area (Å²) in [6.07, 6.45) is 8.16. The highest BCUT2D eigenvalue weighted by atomic mass is 32.1. The van der Waals surface area contributed by atoms with E-state index in [1.54, 1.807) is 4.90 Å². The molecule has 2 aliphatic heterocycles. The molecule has 2 fully saturated rings. The van der Waals surface area contributed by atoms with E-state index in [1.165, 1.54) is 30.6 Å². The van der Waals surface area contributed by atoms with E-state index >= 15 is 0 Å². The van der Waals surface area contributed by atoms with Gasteiger partial charge in [-0.05, 0) is 67.7 Å². The maximum Gasteiger partial charge on any atom is 0.264 e. The molecule has 4 rings (SSSR count). The van der Waals surface area contributed by atoms with Crippen molar-refractivity contribution < 1.29 is 9.59 Å². The first-order chi connectivity index (χ1) is 14.2. The third-order valence-corrected chi connectivity index (χ3v) is 6.61. The highest BCUT2D eigenvalue weighted by Gasteiger charge is 2.32. The van der Waals surface area contributed by atoms with Crippen molar-refractivity contribution >= 4 is 29.0 Å². The van der Waals surface area contributed by atoms with Crippen molar-refractivity contribution in [1.29, 1.82) is 0 Å². The molecule has 2 aliphatic rings. The van der Waals surface area contributed by atoms with Crippen LogP contribution in [0.1, 0.15) is 53.8 Å². The Morgan fingerprint density at radius 3 is 2.72 bits per heavy atom. The summed E-state index contributed by atoms with van der Waals surface area (Å²) in [4.78, 5) is 35.0. The van der Waals surface area contributed by atoms with Crippen LogP contribution in [-0.2, 0) is 11.3 Å². The Morgan fingerprint density at radius 1 is 1.10 bits per heavy atom. The van der Waals surface area contributed by atoms with Crippen LogP contribution in [0.5, 0.6) is 0 Å². The fourth-order valence-corrected chi connectivity index (χ4v) is 4.84. The zero-order chi connectivity index (χ0) is 20.1. The number of rotatable bonds is 5. The van der Waals surface area contributed by atoms with E-state index in [0.717, 1.165) is 43.7 Å². The molecule has 0 aromatic carbocycles. The fourth-order valence-electron chi connectivity index (χ4n) is 4.16. The van der Waals surface area contributed by atoms with Gasteiger partial charge in [-0.15, -0.1) is 11.3 Å². The van der Waals surface area contributed by atoms with Crippen LogP contribution in [-0.4, -0.2) is 47.4 Å². The molecule has 2 aromatic heterocycles. The highest BCUT2D eigenvalue weighted by Crippen LogP contribution is 2.22. The lowest BCUT2D eigenvalue weighted by molar-refractivity contribution is -0.126. The van der Waals surface area contributed by atoms with E-state index < -0.39 is 0 Å². The molecule has 154 valence electrons. The standard InChI is InChI=1S/C22H28N4O2S/c27-21(18-7-2-5-13-26(18)22(28)19-8-6-14-29-19)24-16-17-9-10-23-20(15-17)25-11-3-1-4-12-25/h6,8-10,14-15,18H,1-5,7,11-13,16H2,(H,24,27). The number of anilines is 1. The molecular formula is C22H28N4O2S. The molecule has 0 aliphatic carbocycles. The number of carbonyl (C=O) groups excluding carboxylic acids is 2. The Balaban J connectivity index is 1.38. The first kappa shape index (κ1) is 19.9. The van der Waals surface area contributed by atoms with Gasteiger partial charge in [0.05, 0.1) is 4.88 Å². The molecule has 0 spiro atoms. The van der Waals surface area contributed by atoms with Gasteiger partial charge in [-0.25, -0.2) is 4.98 Å². The second-order valence-electron chi connectivity index (χ2n) is 7.78. The van der Waals surface area contributed by atoms with Crippen molar-refractivity contribution in [3.8, 4) is 0 Å². The minimum atomic E-state index is -0.387. The Labute approximate surface area is 175 Å².